The monoisotopic (exact) mass is 317 g/mol. The molecular weight excluding hydrogens is 294 g/mol. The van der Waals surface area contributed by atoms with Gasteiger partial charge in [0, 0.05) is 13.1 Å². The van der Waals surface area contributed by atoms with Crippen LogP contribution in [0.3, 0.4) is 0 Å². The second-order valence-electron chi connectivity index (χ2n) is 6.44. The van der Waals surface area contributed by atoms with Crippen molar-refractivity contribution in [2.24, 2.45) is 0 Å². The Balaban J connectivity index is 2.14. The van der Waals surface area contributed by atoms with Crippen molar-refractivity contribution in [3.8, 4) is 0 Å². The van der Waals surface area contributed by atoms with E-state index in [1.54, 1.807) is 11.0 Å². The maximum atomic E-state index is 12.1. The molecule has 1 aromatic carbocycles. The van der Waals surface area contributed by atoms with E-state index in [0.29, 0.717) is 25.1 Å². The lowest BCUT2D eigenvalue weighted by atomic mass is 9.95. The maximum absolute atomic E-state index is 12.1. The number of nitrogens with zero attached hydrogens (tertiary/aromatic N) is 1. The summed E-state index contributed by atoms with van der Waals surface area (Å²) in [5.41, 5.74) is 1.96. The van der Waals surface area contributed by atoms with Crippen LogP contribution < -0.4 is 0 Å². The predicted molar refractivity (Wildman–Crippen MR) is 88.2 cm³/mol. The van der Waals surface area contributed by atoms with Crippen molar-refractivity contribution in [2.75, 3.05) is 20.2 Å². The number of hydrogen-bond acceptors (Lipinski definition) is 4. The van der Waals surface area contributed by atoms with Crippen LogP contribution in [0.5, 0.6) is 0 Å². The largest absolute Gasteiger partial charge is 0.465 e. The summed E-state index contributed by atoms with van der Waals surface area (Å²) in [6.45, 7) is 6.59. The number of methoxy groups -OCH3 is 1. The molecule has 1 aliphatic rings. The first-order valence-electron chi connectivity index (χ1n) is 7.66. The quantitative estimate of drug-likeness (QED) is 0.783. The normalized spacial score (nSPS) is 15.0. The van der Waals surface area contributed by atoms with Gasteiger partial charge < -0.3 is 14.4 Å². The Hall–Kier alpha value is -2.30. The lowest BCUT2D eigenvalue weighted by Crippen LogP contribution is -2.39. The number of carbonyl (C=O) groups is 2. The van der Waals surface area contributed by atoms with Crippen molar-refractivity contribution in [1.82, 2.24) is 4.90 Å². The molecule has 0 N–H and O–H groups in total. The fraction of sp³-hybridized carbons (Fsp3) is 0.444. The van der Waals surface area contributed by atoms with Crippen LogP contribution in [0.4, 0.5) is 4.79 Å². The molecule has 0 saturated carbocycles. The molecule has 1 heterocycles. The van der Waals surface area contributed by atoms with Crippen LogP contribution in [-0.4, -0.2) is 42.8 Å². The van der Waals surface area contributed by atoms with Gasteiger partial charge in [-0.25, -0.2) is 9.59 Å². The van der Waals surface area contributed by atoms with Crippen LogP contribution >= 0.6 is 0 Å². The Labute approximate surface area is 136 Å². The van der Waals surface area contributed by atoms with E-state index >= 15 is 0 Å². The van der Waals surface area contributed by atoms with Gasteiger partial charge in [0.1, 0.15) is 5.60 Å². The molecule has 0 unspecified atom stereocenters. The SMILES string of the molecule is COC(=O)c1ccccc1C1=CCN(C(=O)OC(C)(C)C)CC1. The number of carbonyl (C=O) groups excluding carboxylic acids is 2. The Morgan fingerprint density at radius 2 is 1.87 bits per heavy atom. The minimum Gasteiger partial charge on any atom is -0.465 e. The van der Waals surface area contributed by atoms with Gasteiger partial charge >= 0.3 is 12.1 Å². The summed E-state index contributed by atoms with van der Waals surface area (Å²) >= 11 is 0. The summed E-state index contributed by atoms with van der Waals surface area (Å²) in [6.07, 6.45) is 2.33. The number of amides is 1. The molecule has 0 saturated heterocycles. The van der Waals surface area contributed by atoms with E-state index in [1.807, 2.05) is 45.0 Å². The van der Waals surface area contributed by atoms with E-state index in [2.05, 4.69) is 0 Å². The highest BCUT2D eigenvalue weighted by atomic mass is 16.6. The fourth-order valence-corrected chi connectivity index (χ4v) is 2.46. The zero-order chi connectivity index (χ0) is 17.0. The van der Waals surface area contributed by atoms with Gasteiger partial charge in [0.25, 0.3) is 0 Å². The molecule has 0 aromatic heterocycles. The predicted octanol–water partition coefficient (Wildman–Crippen LogP) is 3.50. The molecule has 0 fully saturated rings. The molecule has 2 rings (SSSR count). The molecule has 0 spiro atoms. The molecule has 1 aliphatic heterocycles. The highest BCUT2D eigenvalue weighted by molar-refractivity contribution is 5.95. The van der Waals surface area contributed by atoms with E-state index in [9.17, 15) is 9.59 Å². The summed E-state index contributed by atoms with van der Waals surface area (Å²) in [6, 6.07) is 7.36. The summed E-state index contributed by atoms with van der Waals surface area (Å²) in [5, 5.41) is 0. The standard InChI is InChI=1S/C18H23NO4/c1-18(2,3)23-17(21)19-11-9-13(10-12-19)14-7-5-6-8-15(14)16(20)22-4/h5-9H,10-12H2,1-4H3. The van der Waals surface area contributed by atoms with Crippen molar-refractivity contribution >= 4 is 17.6 Å². The average molecular weight is 317 g/mol. The van der Waals surface area contributed by atoms with Crippen LogP contribution in [0.15, 0.2) is 30.3 Å². The Morgan fingerprint density at radius 1 is 1.17 bits per heavy atom. The van der Waals surface area contributed by atoms with Crippen LogP contribution in [0.2, 0.25) is 0 Å². The number of rotatable bonds is 2. The third-order valence-electron chi connectivity index (χ3n) is 3.54. The fourth-order valence-electron chi connectivity index (χ4n) is 2.46. The van der Waals surface area contributed by atoms with Crippen LogP contribution in [0, 0.1) is 0 Å². The van der Waals surface area contributed by atoms with E-state index < -0.39 is 5.60 Å². The first-order chi connectivity index (χ1) is 10.8. The van der Waals surface area contributed by atoms with Crippen molar-refractivity contribution in [3.05, 3.63) is 41.5 Å². The minimum atomic E-state index is -0.501. The van der Waals surface area contributed by atoms with Crippen LogP contribution in [0.1, 0.15) is 43.1 Å². The zero-order valence-corrected chi connectivity index (χ0v) is 14.1. The highest BCUT2D eigenvalue weighted by Crippen LogP contribution is 2.26. The summed E-state index contributed by atoms with van der Waals surface area (Å²) in [7, 11) is 1.37. The smallest absolute Gasteiger partial charge is 0.410 e. The van der Waals surface area contributed by atoms with Crippen molar-refractivity contribution in [2.45, 2.75) is 32.8 Å². The van der Waals surface area contributed by atoms with E-state index in [1.165, 1.54) is 7.11 Å². The topological polar surface area (TPSA) is 55.8 Å². The third kappa shape index (κ3) is 4.34. The van der Waals surface area contributed by atoms with E-state index in [0.717, 1.165) is 11.1 Å². The Bertz CT molecular complexity index is 628. The van der Waals surface area contributed by atoms with Crippen molar-refractivity contribution < 1.29 is 19.1 Å². The Morgan fingerprint density at radius 3 is 2.43 bits per heavy atom. The average Bonchev–Trinajstić information content (AvgIpc) is 2.52. The molecule has 0 aliphatic carbocycles. The lowest BCUT2D eigenvalue weighted by molar-refractivity contribution is 0.0270. The second kappa shape index (κ2) is 6.86. The molecule has 23 heavy (non-hydrogen) atoms. The van der Waals surface area contributed by atoms with Crippen molar-refractivity contribution in [1.29, 1.82) is 0 Å². The van der Waals surface area contributed by atoms with Gasteiger partial charge in [-0.2, -0.15) is 0 Å². The number of ether oxygens (including phenoxy) is 2. The molecule has 5 nitrogen and oxygen atoms in total. The third-order valence-corrected chi connectivity index (χ3v) is 3.54. The maximum Gasteiger partial charge on any atom is 0.410 e. The number of esters is 1. The minimum absolute atomic E-state index is 0.311. The van der Waals surface area contributed by atoms with Gasteiger partial charge in [-0.3, -0.25) is 0 Å². The van der Waals surface area contributed by atoms with E-state index in [4.69, 9.17) is 9.47 Å². The first kappa shape index (κ1) is 17.1. The van der Waals surface area contributed by atoms with Gasteiger partial charge in [0.15, 0.2) is 0 Å². The highest BCUT2D eigenvalue weighted by Gasteiger charge is 2.25. The van der Waals surface area contributed by atoms with Gasteiger partial charge in [-0.15, -0.1) is 0 Å². The van der Waals surface area contributed by atoms with E-state index in [-0.39, 0.29) is 12.1 Å². The first-order valence-corrected chi connectivity index (χ1v) is 7.66. The molecule has 1 amide bonds. The zero-order valence-electron chi connectivity index (χ0n) is 14.1. The van der Waals surface area contributed by atoms with Crippen LogP contribution in [0.25, 0.3) is 5.57 Å². The van der Waals surface area contributed by atoms with Gasteiger partial charge in [-0.05, 0) is 44.4 Å². The molecule has 0 atom stereocenters. The number of hydrogen-bond donors (Lipinski definition) is 0. The second-order valence-corrected chi connectivity index (χ2v) is 6.44. The lowest BCUT2D eigenvalue weighted by Gasteiger charge is -2.30. The van der Waals surface area contributed by atoms with Gasteiger partial charge in [0.2, 0.25) is 0 Å². The molecule has 0 radical (unpaired) electrons. The summed E-state index contributed by atoms with van der Waals surface area (Å²) < 4.78 is 10.2. The molecule has 124 valence electrons. The van der Waals surface area contributed by atoms with Crippen LogP contribution in [-0.2, 0) is 9.47 Å². The summed E-state index contributed by atoms with van der Waals surface area (Å²) in [4.78, 5) is 25.6. The van der Waals surface area contributed by atoms with Crippen molar-refractivity contribution in [3.63, 3.8) is 0 Å². The number of benzene rings is 1. The Kier molecular flexibility index (Phi) is 5.08. The molecule has 0 bridgehead atoms. The van der Waals surface area contributed by atoms with Gasteiger partial charge in [-0.1, -0.05) is 24.3 Å². The molecule has 1 aromatic rings. The van der Waals surface area contributed by atoms with Gasteiger partial charge in [0.05, 0.1) is 12.7 Å². The molecule has 5 heteroatoms. The summed E-state index contributed by atoms with van der Waals surface area (Å²) in [5.74, 6) is -0.351. The molecular formula is C18H23NO4.